The number of carbonyl (C=O) groups is 1. The van der Waals surface area contributed by atoms with Crippen LogP contribution in [-0.2, 0) is 10.0 Å². The molecule has 3 aromatic rings. The molecular formula is C20H23N5O3S. The van der Waals surface area contributed by atoms with Crippen LogP contribution in [0.4, 0.5) is 5.69 Å². The molecule has 1 N–H and O–H groups in total. The molecule has 0 bridgehead atoms. The first-order valence-electron chi connectivity index (χ1n) is 9.25. The molecule has 0 fully saturated rings. The molecule has 0 spiro atoms. The minimum Gasteiger partial charge on any atom is -0.321 e. The number of rotatable bonds is 7. The highest BCUT2D eigenvalue weighted by molar-refractivity contribution is 7.89. The summed E-state index contributed by atoms with van der Waals surface area (Å²) in [7, 11) is -3.65. The summed E-state index contributed by atoms with van der Waals surface area (Å²) in [5.41, 5.74) is 1.49. The van der Waals surface area contributed by atoms with E-state index in [1.165, 1.54) is 22.6 Å². The fourth-order valence-electron chi connectivity index (χ4n) is 2.92. The Balaban J connectivity index is 1.84. The number of nitrogens with one attached hydrogen (secondary N) is 1. The van der Waals surface area contributed by atoms with Gasteiger partial charge in [-0.3, -0.25) is 4.79 Å². The lowest BCUT2D eigenvalue weighted by Crippen LogP contribution is -2.30. The smallest absolute Gasteiger partial charge is 0.256 e. The van der Waals surface area contributed by atoms with Gasteiger partial charge in [-0.15, -0.1) is 0 Å². The van der Waals surface area contributed by atoms with E-state index in [0.29, 0.717) is 35.7 Å². The number of hydrogen-bond donors (Lipinski definition) is 1. The number of anilines is 1. The number of aromatic nitrogens is 3. The lowest BCUT2D eigenvalue weighted by Gasteiger charge is -2.19. The molecule has 1 amide bonds. The van der Waals surface area contributed by atoms with Crippen LogP contribution in [0.1, 0.15) is 29.8 Å². The summed E-state index contributed by atoms with van der Waals surface area (Å²) in [6, 6.07) is 9.83. The van der Waals surface area contributed by atoms with Gasteiger partial charge in [0.2, 0.25) is 10.0 Å². The number of sulfonamides is 1. The molecule has 0 saturated heterocycles. The van der Waals surface area contributed by atoms with Gasteiger partial charge in [0.15, 0.2) is 5.82 Å². The summed E-state index contributed by atoms with van der Waals surface area (Å²) in [6.07, 6.45) is 4.95. The van der Waals surface area contributed by atoms with E-state index in [9.17, 15) is 13.2 Å². The van der Waals surface area contributed by atoms with Crippen LogP contribution in [0.2, 0.25) is 0 Å². The molecule has 1 aromatic carbocycles. The monoisotopic (exact) mass is 413 g/mol. The van der Waals surface area contributed by atoms with Crippen molar-refractivity contribution in [3.63, 3.8) is 0 Å². The van der Waals surface area contributed by atoms with Crippen LogP contribution in [-0.4, -0.2) is 46.5 Å². The molecule has 3 rings (SSSR count). The fourth-order valence-corrected chi connectivity index (χ4v) is 4.40. The molecule has 0 unspecified atom stereocenters. The first-order valence-corrected chi connectivity index (χ1v) is 10.7. The van der Waals surface area contributed by atoms with Crippen molar-refractivity contribution in [2.24, 2.45) is 0 Å². The van der Waals surface area contributed by atoms with Gasteiger partial charge < -0.3 is 5.32 Å². The largest absolute Gasteiger partial charge is 0.321 e. The summed E-state index contributed by atoms with van der Waals surface area (Å²) >= 11 is 0. The van der Waals surface area contributed by atoms with Crippen molar-refractivity contribution in [3.05, 3.63) is 66.1 Å². The second-order valence-electron chi connectivity index (χ2n) is 6.38. The van der Waals surface area contributed by atoms with E-state index in [1.54, 1.807) is 62.1 Å². The van der Waals surface area contributed by atoms with Gasteiger partial charge in [-0.2, -0.15) is 9.40 Å². The number of amides is 1. The maximum Gasteiger partial charge on any atom is 0.256 e. The second kappa shape index (κ2) is 8.54. The molecular weight excluding hydrogens is 390 g/mol. The topological polar surface area (TPSA) is 97.2 Å². The zero-order valence-electron chi connectivity index (χ0n) is 16.5. The normalized spacial score (nSPS) is 11.6. The van der Waals surface area contributed by atoms with E-state index in [4.69, 9.17) is 0 Å². The molecule has 2 aromatic heterocycles. The van der Waals surface area contributed by atoms with Crippen molar-refractivity contribution in [1.82, 2.24) is 19.1 Å². The molecule has 0 aliphatic rings. The maximum absolute atomic E-state index is 12.8. The van der Waals surface area contributed by atoms with Gasteiger partial charge in [0.1, 0.15) is 0 Å². The summed E-state index contributed by atoms with van der Waals surface area (Å²) in [4.78, 5) is 17.1. The summed E-state index contributed by atoms with van der Waals surface area (Å²) in [5.74, 6) is 0.226. The van der Waals surface area contributed by atoms with Gasteiger partial charge in [-0.05, 0) is 42.8 Å². The van der Waals surface area contributed by atoms with Crippen LogP contribution >= 0.6 is 0 Å². The molecule has 0 aliphatic heterocycles. The van der Waals surface area contributed by atoms with E-state index in [2.05, 4.69) is 15.4 Å². The highest BCUT2D eigenvalue weighted by atomic mass is 32.2. The van der Waals surface area contributed by atoms with Gasteiger partial charge >= 0.3 is 0 Å². The van der Waals surface area contributed by atoms with Crippen molar-refractivity contribution >= 4 is 21.6 Å². The molecule has 0 aliphatic carbocycles. The Morgan fingerprint density at radius 1 is 1.17 bits per heavy atom. The average Bonchev–Trinajstić information content (AvgIpc) is 3.24. The summed E-state index contributed by atoms with van der Waals surface area (Å²) in [6.45, 7) is 6.05. The highest BCUT2D eigenvalue weighted by Gasteiger charge is 2.23. The van der Waals surface area contributed by atoms with Crippen LogP contribution in [0, 0.1) is 6.92 Å². The van der Waals surface area contributed by atoms with Crippen molar-refractivity contribution < 1.29 is 13.2 Å². The van der Waals surface area contributed by atoms with Gasteiger partial charge in [0.25, 0.3) is 5.91 Å². The Morgan fingerprint density at radius 3 is 2.52 bits per heavy atom. The van der Waals surface area contributed by atoms with E-state index in [0.717, 1.165) is 0 Å². The third kappa shape index (κ3) is 4.36. The number of aryl methyl sites for hydroxylation is 1. The molecule has 9 heteroatoms. The zero-order chi connectivity index (χ0) is 21.0. The Kier molecular flexibility index (Phi) is 6.09. The SMILES string of the molecule is CCN(CC)S(=O)(=O)c1ccc(C)c(C(=O)Nc2ccc(-n3cccn3)nc2)c1. The Hall–Kier alpha value is -3.04. The third-order valence-electron chi connectivity index (χ3n) is 4.54. The van der Waals surface area contributed by atoms with Crippen LogP contribution in [0.15, 0.2) is 59.9 Å². The van der Waals surface area contributed by atoms with Crippen molar-refractivity contribution in [1.29, 1.82) is 0 Å². The molecule has 0 atom stereocenters. The predicted molar refractivity (Wildman–Crippen MR) is 111 cm³/mol. The lowest BCUT2D eigenvalue weighted by atomic mass is 10.1. The van der Waals surface area contributed by atoms with E-state index >= 15 is 0 Å². The van der Waals surface area contributed by atoms with Crippen LogP contribution in [0.3, 0.4) is 0 Å². The number of hydrogen-bond acceptors (Lipinski definition) is 5. The van der Waals surface area contributed by atoms with E-state index in [-0.39, 0.29) is 4.90 Å². The van der Waals surface area contributed by atoms with Gasteiger partial charge in [0.05, 0.1) is 16.8 Å². The van der Waals surface area contributed by atoms with E-state index in [1.807, 2.05) is 0 Å². The molecule has 8 nitrogen and oxygen atoms in total. The minimum atomic E-state index is -3.65. The van der Waals surface area contributed by atoms with Gasteiger partial charge in [0, 0.05) is 31.0 Å². The minimum absolute atomic E-state index is 0.101. The summed E-state index contributed by atoms with van der Waals surface area (Å²) in [5, 5.41) is 6.87. The number of carbonyl (C=O) groups excluding carboxylic acids is 1. The number of nitrogens with zero attached hydrogens (tertiary/aromatic N) is 4. The Labute approximate surface area is 170 Å². The Morgan fingerprint density at radius 2 is 1.93 bits per heavy atom. The zero-order valence-corrected chi connectivity index (χ0v) is 17.3. The quantitative estimate of drug-likeness (QED) is 0.642. The summed E-state index contributed by atoms with van der Waals surface area (Å²) < 4.78 is 28.5. The van der Waals surface area contributed by atoms with Gasteiger partial charge in [-0.25, -0.2) is 18.1 Å². The maximum atomic E-state index is 12.8. The van der Waals surface area contributed by atoms with Crippen LogP contribution < -0.4 is 5.32 Å². The first-order chi connectivity index (χ1) is 13.9. The lowest BCUT2D eigenvalue weighted by molar-refractivity contribution is 0.102. The molecule has 0 radical (unpaired) electrons. The molecule has 0 saturated carbocycles. The van der Waals surface area contributed by atoms with E-state index < -0.39 is 15.9 Å². The number of pyridine rings is 1. The number of benzene rings is 1. The van der Waals surface area contributed by atoms with Gasteiger partial charge in [-0.1, -0.05) is 19.9 Å². The first kappa shape index (κ1) is 20.7. The fraction of sp³-hybridized carbons (Fsp3) is 0.250. The second-order valence-corrected chi connectivity index (χ2v) is 8.31. The van der Waals surface area contributed by atoms with Crippen LogP contribution in [0.25, 0.3) is 5.82 Å². The molecule has 2 heterocycles. The van der Waals surface area contributed by atoms with Crippen molar-refractivity contribution in [3.8, 4) is 5.82 Å². The standard InChI is InChI=1S/C20H23N5O3S/c1-4-24(5-2)29(27,28)17-9-7-15(3)18(13-17)20(26)23-16-8-10-19(21-14-16)25-12-6-11-22-25/h6-14H,4-5H2,1-3H3,(H,23,26). The predicted octanol–water partition coefficient (Wildman–Crippen LogP) is 2.86. The highest BCUT2D eigenvalue weighted by Crippen LogP contribution is 2.21. The van der Waals surface area contributed by atoms with Crippen molar-refractivity contribution in [2.75, 3.05) is 18.4 Å². The average molecular weight is 414 g/mol. The molecule has 29 heavy (non-hydrogen) atoms. The third-order valence-corrected chi connectivity index (χ3v) is 6.59. The molecule has 152 valence electrons. The van der Waals surface area contributed by atoms with Crippen molar-refractivity contribution in [2.45, 2.75) is 25.7 Å². The van der Waals surface area contributed by atoms with Crippen LogP contribution in [0.5, 0.6) is 0 Å². The Bertz CT molecular complexity index is 1090.